The van der Waals surface area contributed by atoms with Gasteiger partial charge < -0.3 is 5.11 Å². The highest BCUT2D eigenvalue weighted by Crippen LogP contribution is 2.07. The molecule has 0 amide bonds. The van der Waals surface area contributed by atoms with E-state index in [1.807, 2.05) is 24.3 Å². The third-order valence-corrected chi connectivity index (χ3v) is 1.59. The van der Waals surface area contributed by atoms with E-state index in [-0.39, 0.29) is 6.61 Å². The summed E-state index contributed by atoms with van der Waals surface area (Å²) in [6, 6.07) is 7.37. The third kappa shape index (κ3) is 3.03. The van der Waals surface area contributed by atoms with Crippen LogP contribution in [0.5, 0.6) is 0 Å². The highest BCUT2D eigenvalue weighted by Gasteiger charge is 1.87. The second-order valence-electron chi connectivity index (χ2n) is 2.31. The molecule has 1 N–H and O–H groups in total. The quantitative estimate of drug-likeness (QED) is 0.712. The van der Waals surface area contributed by atoms with Crippen LogP contribution in [0.3, 0.4) is 0 Å². The van der Waals surface area contributed by atoms with Crippen molar-refractivity contribution in [3.05, 3.63) is 34.9 Å². The van der Waals surface area contributed by atoms with E-state index in [1.54, 1.807) is 6.21 Å². The number of aliphatic hydroxyl groups is 1. The van der Waals surface area contributed by atoms with Gasteiger partial charge in [-0.2, -0.15) is 0 Å². The Kier molecular flexibility index (Phi) is 3.77. The SMILES string of the molecule is OCCN=Cc1ccc(Cl)cc1. The van der Waals surface area contributed by atoms with Crippen LogP contribution in [0, 0.1) is 0 Å². The first-order chi connectivity index (χ1) is 5.83. The van der Waals surface area contributed by atoms with Crippen LogP contribution in [-0.4, -0.2) is 24.5 Å². The zero-order valence-electron chi connectivity index (χ0n) is 6.57. The molecule has 0 heterocycles. The maximum absolute atomic E-state index is 8.45. The van der Waals surface area contributed by atoms with E-state index < -0.39 is 0 Å². The Morgan fingerprint density at radius 3 is 2.58 bits per heavy atom. The number of aliphatic hydroxyl groups excluding tert-OH is 1. The lowest BCUT2D eigenvalue weighted by atomic mass is 10.2. The standard InChI is InChI=1S/C9H10ClNO/c10-9-3-1-8(2-4-9)7-11-5-6-12/h1-4,7,12H,5-6H2. The van der Waals surface area contributed by atoms with Crippen molar-refractivity contribution >= 4 is 17.8 Å². The minimum Gasteiger partial charge on any atom is -0.394 e. The van der Waals surface area contributed by atoms with Gasteiger partial charge in [-0.3, -0.25) is 4.99 Å². The fourth-order valence-corrected chi connectivity index (χ4v) is 0.903. The van der Waals surface area contributed by atoms with Crippen molar-refractivity contribution in [2.45, 2.75) is 0 Å². The predicted octanol–water partition coefficient (Wildman–Crippen LogP) is 1.75. The van der Waals surface area contributed by atoms with Gasteiger partial charge in [0.2, 0.25) is 0 Å². The van der Waals surface area contributed by atoms with Crippen molar-refractivity contribution in [1.29, 1.82) is 0 Å². The summed E-state index contributed by atoms with van der Waals surface area (Å²) < 4.78 is 0. The van der Waals surface area contributed by atoms with Crippen molar-refractivity contribution in [3.8, 4) is 0 Å². The molecule has 64 valence electrons. The Morgan fingerprint density at radius 1 is 1.33 bits per heavy atom. The van der Waals surface area contributed by atoms with Gasteiger partial charge in [0.1, 0.15) is 0 Å². The second-order valence-corrected chi connectivity index (χ2v) is 2.75. The van der Waals surface area contributed by atoms with E-state index in [1.165, 1.54) is 0 Å². The van der Waals surface area contributed by atoms with Crippen LogP contribution < -0.4 is 0 Å². The third-order valence-electron chi connectivity index (χ3n) is 1.34. The number of rotatable bonds is 3. The normalized spacial score (nSPS) is 10.8. The molecular weight excluding hydrogens is 174 g/mol. The van der Waals surface area contributed by atoms with Crippen LogP contribution in [0.25, 0.3) is 0 Å². The topological polar surface area (TPSA) is 32.6 Å². The van der Waals surface area contributed by atoms with Crippen molar-refractivity contribution in [2.24, 2.45) is 4.99 Å². The zero-order valence-corrected chi connectivity index (χ0v) is 7.33. The minimum atomic E-state index is 0.0874. The first-order valence-corrected chi connectivity index (χ1v) is 4.07. The molecule has 0 spiro atoms. The van der Waals surface area contributed by atoms with Gasteiger partial charge in [-0.05, 0) is 17.7 Å². The molecule has 0 aliphatic rings. The molecule has 3 heteroatoms. The smallest absolute Gasteiger partial charge is 0.0626 e. The van der Waals surface area contributed by atoms with Crippen LogP contribution in [0.15, 0.2) is 29.3 Å². The van der Waals surface area contributed by atoms with Gasteiger partial charge in [-0.15, -0.1) is 0 Å². The second kappa shape index (κ2) is 4.91. The lowest BCUT2D eigenvalue weighted by molar-refractivity contribution is 0.307. The summed E-state index contributed by atoms with van der Waals surface area (Å²) in [6.45, 7) is 0.534. The summed E-state index contributed by atoms with van der Waals surface area (Å²) in [6.07, 6.45) is 1.71. The van der Waals surface area contributed by atoms with Crippen molar-refractivity contribution < 1.29 is 5.11 Å². The number of hydrogen-bond acceptors (Lipinski definition) is 2. The average Bonchev–Trinajstić information content (AvgIpc) is 2.09. The minimum absolute atomic E-state index is 0.0874. The highest BCUT2D eigenvalue weighted by atomic mass is 35.5. The molecule has 0 saturated heterocycles. The Morgan fingerprint density at radius 2 is 2.00 bits per heavy atom. The number of hydrogen-bond donors (Lipinski definition) is 1. The van der Waals surface area contributed by atoms with Crippen LogP contribution in [0.2, 0.25) is 5.02 Å². The fourth-order valence-electron chi connectivity index (χ4n) is 0.777. The van der Waals surface area contributed by atoms with Crippen molar-refractivity contribution in [2.75, 3.05) is 13.2 Å². The Balaban J connectivity index is 2.58. The predicted molar refractivity (Wildman–Crippen MR) is 51.0 cm³/mol. The maximum Gasteiger partial charge on any atom is 0.0626 e. The Hall–Kier alpha value is -0.860. The number of benzene rings is 1. The Bertz CT molecular complexity index is 256. The van der Waals surface area contributed by atoms with Crippen LogP contribution in [-0.2, 0) is 0 Å². The first kappa shape index (κ1) is 9.23. The van der Waals surface area contributed by atoms with E-state index in [9.17, 15) is 0 Å². The molecule has 0 aromatic heterocycles. The molecule has 1 aromatic rings. The van der Waals surface area contributed by atoms with Crippen molar-refractivity contribution in [3.63, 3.8) is 0 Å². The molecular formula is C9H10ClNO. The first-order valence-electron chi connectivity index (χ1n) is 3.69. The molecule has 0 bridgehead atoms. The monoisotopic (exact) mass is 183 g/mol. The largest absolute Gasteiger partial charge is 0.394 e. The van der Waals surface area contributed by atoms with Gasteiger partial charge in [-0.1, -0.05) is 23.7 Å². The molecule has 1 aromatic carbocycles. The van der Waals surface area contributed by atoms with E-state index in [4.69, 9.17) is 16.7 Å². The van der Waals surface area contributed by atoms with E-state index in [2.05, 4.69) is 4.99 Å². The summed E-state index contributed by atoms with van der Waals surface area (Å²) in [5, 5.41) is 9.17. The van der Waals surface area contributed by atoms with Gasteiger partial charge in [0.05, 0.1) is 13.2 Å². The average molecular weight is 184 g/mol. The molecule has 0 aliphatic carbocycles. The molecule has 2 nitrogen and oxygen atoms in total. The van der Waals surface area contributed by atoms with Gasteiger partial charge >= 0.3 is 0 Å². The van der Waals surface area contributed by atoms with Gasteiger partial charge in [-0.25, -0.2) is 0 Å². The molecule has 0 atom stereocenters. The highest BCUT2D eigenvalue weighted by molar-refractivity contribution is 6.30. The van der Waals surface area contributed by atoms with E-state index in [0.717, 1.165) is 5.56 Å². The lowest BCUT2D eigenvalue weighted by Crippen LogP contribution is -1.88. The van der Waals surface area contributed by atoms with Crippen LogP contribution in [0.1, 0.15) is 5.56 Å². The summed E-state index contributed by atoms with van der Waals surface area (Å²) in [7, 11) is 0. The number of aliphatic imine (C=N–C) groups is 1. The number of nitrogens with zero attached hydrogens (tertiary/aromatic N) is 1. The van der Waals surface area contributed by atoms with Crippen molar-refractivity contribution in [1.82, 2.24) is 0 Å². The maximum atomic E-state index is 8.45. The zero-order chi connectivity index (χ0) is 8.81. The molecule has 12 heavy (non-hydrogen) atoms. The summed E-state index contributed by atoms with van der Waals surface area (Å²) in [5.41, 5.74) is 0.993. The lowest BCUT2D eigenvalue weighted by Gasteiger charge is -1.92. The van der Waals surface area contributed by atoms with Crippen LogP contribution in [0.4, 0.5) is 0 Å². The van der Waals surface area contributed by atoms with Gasteiger partial charge in [0, 0.05) is 11.2 Å². The number of halogens is 1. The molecule has 0 saturated carbocycles. The van der Waals surface area contributed by atoms with Crippen LogP contribution >= 0.6 is 11.6 Å². The van der Waals surface area contributed by atoms with Gasteiger partial charge in [0.15, 0.2) is 0 Å². The van der Waals surface area contributed by atoms with Gasteiger partial charge in [0.25, 0.3) is 0 Å². The molecule has 1 rings (SSSR count). The van der Waals surface area contributed by atoms with E-state index in [0.29, 0.717) is 11.6 Å². The molecule has 0 fully saturated rings. The summed E-state index contributed by atoms with van der Waals surface area (Å²) >= 11 is 5.69. The molecule has 0 aliphatic heterocycles. The summed E-state index contributed by atoms with van der Waals surface area (Å²) in [5.74, 6) is 0. The summed E-state index contributed by atoms with van der Waals surface area (Å²) in [4.78, 5) is 3.97. The molecule has 0 radical (unpaired) electrons. The Labute approximate surface area is 76.5 Å². The van der Waals surface area contributed by atoms with E-state index >= 15 is 0 Å². The molecule has 0 unspecified atom stereocenters. The fraction of sp³-hybridized carbons (Fsp3) is 0.222.